The van der Waals surface area contributed by atoms with Crippen molar-refractivity contribution in [3.05, 3.63) is 24.5 Å². The molecule has 0 radical (unpaired) electrons. The van der Waals surface area contributed by atoms with Crippen LogP contribution in [0, 0.1) is 0 Å². The number of aromatic nitrogens is 3. The Balaban J connectivity index is 2.21. The van der Waals surface area contributed by atoms with E-state index in [1.165, 1.54) is 0 Å². The van der Waals surface area contributed by atoms with Gasteiger partial charge in [0.15, 0.2) is 5.01 Å². The minimum Gasteiger partial charge on any atom is -0.358 e. The molecule has 78 valence electrons. The van der Waals surface area contributed by atoms with Crippen LogP contribution in [0.5, 0.6) is 0 Å². The molecule has 0 saturated carbocycles. The number of hydrogen-bond donors (Lipinski definition) is 1. The fraction of sp³-hybridized carbons (Fsp3) is 0.300. The van der Waals surface area contributed by atoms with Gasteiger partial charge >= 0.3 is 0 Å². The molecular weight excluding hydrogens is 208 g/mol. The van der Waals surface area contributed by atoms with Crippen molar-refractivity contribution >= 4 is 16.5 Å². The van der Waals surface area contributed by atoms with Crippen LogP contribution in [0.3, 0.4) is 0 Å². The predicted molar refractivity (Wildman–Crippen MR) is 61.9 cm³/mol. The lowest BCUT2D eigenvalue weighted by atomic mass is 10.3. The molecule has 2 rings (SSSR count). The van der Waals surface area contributed by atoms with E-state index in [1.54, 1.807) is 23.7 Å². The fourth-order valence-corrected chi connectivity index (χ4v) is 2.01. The zero-order valence-electron chi connectivity index (χ0n) is 8.64. The average Bonchev–Trinajstić information content (AvgIpc) is 2.67. The molecule has 0 aliphatic rings. The van der Waals surface area contributed by atoms with Crippen molar-refractivity contribution in [1.29, 1.82) is 0 Å². The molecular formula is C10H12N4S. The second kappa shape index (κ2) is 4.35. The van der Waals surface area contributed by atoms with Gasteiger partial charge in [-0.3, -0.25) is 4.98 Å². The summed E-state index contributed by atoms with van der Waals surface area (Å²) in [5.74, 6) is 0. The number of hydrogen-bond acceptors (Lipinski definition) is 5. The van der Waals surface area contributed by atoms with Crippen molar-refractivity contribution in [2.24, 2.45) is 0 Å². The molecule has 0 amide bonds. The Labute approximate surface area is 92.4 Å². The van der Waals surface area contributed by atoms with Gasteiger partial charge in [-0.2, -0.15) is 0 Å². The highest BCUT2D eigenvalue weighted by molar-refractivity contribution is 7.18. The van der Waals surface area contributed by atoms with E-state index in [1.807, 2.05) is 12.1 Å². The van der Waals surface area contributed by atoms with E-state index in [2.05, 4.69) is 34.3 Å². The summed E-state index contributed by atoms with van der Waals surface area (Å²) in [5, 5.41) is 13.1. The molecule has 0 saturated heterocycles. The lowest BCUT2D eigenvalue weighted by molar-refractivity contribution is 0.888. The minimum absolute atomic E-state index is 0.375. The van der Waals surface area contributed by atoms with E-state index in [4.69, 9.17) is 0 Å². The molecule has 0 aliphatic carbocycles. The molecule has 0 unspecified atom stereocenters. The van der Waals surface area contributed by atoms with Crippen LogP contribution >= 0.6 is 11.3 Å². The van der Waals surface area contributed by atoms with Crippen molar-refractivity contribution in [3.8, 4) is 10.6 Å². The van der Waals surface area contributed by atoms with Crippen LogP contribution in [0.15, 0.2) is 24.5 Å². The first-order chi connectivity index (χ1) is 7.25. The number of anilines is 1. The topological polar surface area (TPSA) is 50.7 Å². The third-order valence-electron chi connectivity index (χ3n) is 1.75. The van der Waals surface area contributed by atoms with Gasteiger partial charge in [0.05, 0.1) is 0 Å². The molecule has 0 aliphatic heterocycles. The highest BCUT2D eigenvalue weighted by atomic mass is 32.1. The van der Waals surface area contributed by atoms with Crippen molar-refractivity contribution < 1.29 is 0 Å². The monoisotopic (exact) mass is 220 g/mol. The molecule has 0 bridgehead atoms. The van der Waals surface area contributed by atoms with Crippen LogP contribution in [0.2, 0.25) is 0 Å². The Morgan fingerprint density at radius 3 is 2.87 bits per heavy atom. The SMILES string of the molecule is CC(C)Nc1nnc(-c2cccnc2)s1. The molecule has 15 heavy (non-hydrogen) atoms. The van der Waals surface area contributed by atoms with Crippen LogP contribution < -0.4 is 5.32 Å². The van der Waals surface area contributed by atoms with Crippen molar-refractivity contribution in [1.82, 2.24) is 15.2 Å². The third kappa shape index (κ3) is 2.50. The van der Waals surface area contributed by atoms with Gasteiger partial charge < -0.3 is 5.32 Å². The third-order valence-corrected chi connectivity index (χ3v) is 2.65. The second-order valence-electron chi connectivity index (χ2n) is 3.45. The van der Waals surface area contributed by atoms with Crippen molar-refractivity contribution in [3.63, 3.8) is 0 Å². The molecule has 2 aromatic rings. The normalized spacial score (nSPS) is 10.6. The summed E-state index contributed by atoms with van der Waals surface area (Å²) in [5.41, 5.74) is 1.01. The van der Waals surface area contributed by atoms with E-state index >= 15 is 0 Å². The van der Waals surface area contributed by atoms with Crippen LogP contribution in [0.4, 0.5) is 5.13 Å². The van der Waals surface area contributed by atoms with E-state index < -0.39 is 0 Å². The van der Waals surface area contributed by atoms with E-state index in [0.717, 1.165) is 15.7 Å². The van der Waals surface area contributed by atoms with Gasteiger partial charge in [0.2, 0.25) is 5.13 Å². The Morgan fingerprint density at radius 1 is 1.33 bits per heavy atom. The molecule has 4 nitrogen and oxygen atoms in total. The average molecular weight is 220 g/mol. The lowest BCUT2D eigenvalue weighted by Gasteiger charge is -2.03. The lowest BCUT2D eigenvalue weighted by Crippen LogP contribution is -2.08. The molecule has 0 aromatic carbocycles. The molecule has 1 N–H and O–H groups in total. The molecule has 2 aromatic heterocycles. The van der Waals surface area contributed by atoms with E-state index in [0.29, 0.717) is 6.04 Å². The smallest absolute Gasteiger partial charge is 0.206 e. The van der Waals surface area contributed by atoms with E-state index in [9.17, 15) is 0 Å². The van der Waals surface area contributed by atoms with Gasteiger partial charge in [0.1, 0.15) is 0 Å². The maximum absolute atomic E-state index is 4.11. The standard InChI is InChI=1S/C10H12N4S/c1-7(2)12-10-14-13-9(15-10)8-4-3-5-11-6-8/h3-7H,1-2H3,(H,12,14). The molecule has 0 spiro atoms. The molecule has 0 fully saturated rings. The van der Waals surface area contributed by atoms with Gasteiger partial charge in [-0.1, -0.05) is 11.3 Å². The van der Waals surface area contributed by atoms with Gasteiger partial charge in [-0.05, 0) is 26.0 Å². The Bertz CT molecular complexity index is 424. The quantitative estimate of drug-likeness (QED) is 0.863. The summed E-state index contributed by atoms with van der Waals surface area (Å²) in [4.78, 5) is 4.05. The maximum Gasteiger partial charge on any atom is 0.206 e. The van der Waals surface area contributed by atoms with E-state index in [-0.39, 0.29) is 0 Å². The first-order valence-corrected chi connectivity index (χ1v) is 5.58. The Morgan fingerprint density at radius 2 is 2.20 bits per heavy atom. The summed E-state index contributed by atoms with van der Waals surface area (Å²) in [6.07, 6.45) is 3.54. The molecule has 5 heteroatoms. The minimum atomic E-state index is 0.375. The second-order valence-corrected chi connectivity index (χ2v) is 4.43. The van der Waals surface area contributed by atoms with Gasteiger partial charge in [-0.15, -0.1) is 10.2 Å². The van der Waals surface area contributed by atoms with Crippen LogP contribution in [0.25, 0.3) is 10.6 Å². The first-order valence-electron chi connectivity index (χ1n) is 4.76. The summed E-state index contributed by atoms with van der Waals surface area (Å²) >= 11 is 1.54. The predicted octanol–water partition coefficient (Wildman–Crippen LogP) is 2.42. The van der Waals surface area contributed by atoms with Crippen LogP contribution in [-0.2, 0) is 0 Å². The highest BCUT2D eigenvalue weighted by Gasteiger charge is 2.06. The summed E-state index contributed by atoms with van der Waals surface area (Å²) in [6, 6.07) is 4.25. The van der Waals surface area contributed by atoms with Gasteiger partial charge in [-0.25, -0.2) is 0 Å². The first kappa shape index (κ1) is 10.0. The van der Waals surface area contributed by atoms with Crippen LogP contribution in [0.1, 0.15) is 13.8 Å². The van der Waals surface area contributed by atoms with Crippen molar-refractivity contribution in [2.45, 2.75) is 19.9 Å². The zero-order chi connectivity index (χ0) is 10.7. The van der Waals surface area contributed by atoms with Gasteiger partial charge in [0.25, 0.3) is 0 Å². The van der Waals surface area contributed by atoms with Crippen LogP contribution in [-0.4, -0.2) is 21.2 Å². The number of rotatable bonds is 3. The molecule has 2 heterocycles. The van der Waals surface area contributed by atoms with Gasteiger partial charge in [0, 0.05) is 24.0 Å². The maximum atomic E-state index is 4.11. The number of nitrogens with zero attached hydrogens (tertiary/aromatic N) is 3. The Hall–Kier alpha value is -1.49. The fourth-order valence-electron chi connectivity index (χ4n) is 1.13. The number of nitrogens with one attached hydrogen (secondary N) is 1. The van der Waals surface area contributed by atoms with Crippen molar-refractivity contribution in [2.75, 3.05) is 5.32 Å². The largest absolute Gasteiger partial charge is 0.358 e. The Kier molecular flexibility index (Phi) is 2.91. The summed E-state index contributed by atoms with van der Waals surface area (Å²) in [6.45, 7) is 4.15. The summed E-state index contributed by atoms with van der Waals surface area (Å²) < 4.78 is 0. The summed E-state index contributed by atoms with van der Waals surface area (Å²) in [7, 11) is 0. The number of pyridine rings is 1. The zero-order valence-corrected chi connectivity index (χ0v) is 9.45. The highest BCUT2D eigenvalue weighted by Crippen LogP contribution is 2.25. The molecule has 0 atom stereocenters.